The van der Waals surface area contributed by atoms with E-state index in [1.54, 1.807) is 6.07 Å². The highest BCUT2D eigenvalue weighted by atomic mass is 79.9. The predicted octanol–water partition coefficient (Wildman–Crippen LogP) is 2.44. The number of hydrogen-bond acceptors (Lipinski definition) is 3. The molecule has 0 atom stereocenters. The number of nitrogens with two attached hydrogens (primary N) is 1. The van der Waals surface area contributed by atoms with Crippen molar-refractivity contribution in [3.05, 3.63) is 20.7 Å². The maximum atomic E-state index is 5.69. The summed E-state index contributed by atoms with van der Waals surface area (Å²) < 4.78 is 0.511. The SMILES string of the molecule is NNc1nc(Br)c(Cl)cc1Cl. The molecule has 0 bridgehead atoms. The van der Waals surface area contributed by atoms with Crippen LogP contribution in [0.4, 0.5) is 5.82 Å². The van der Waals surface area contributed by atoms with Gasteiger partial charge in [0.25, 0.3) is 0 Å². The first-order valence-electron chi connectivity index (χ1n) is 2.63. The average Bonchev–Trinajstić information content (AvgIpc) is 1.97. The van der Waals surface area contributed by atoms with Crippen molar-refractivity contribution in [1.82, 2.24) is 4.98 Å². The van der Waals surface area contributed by atoms with Gasteiger partial charge in [-0.25, -0.2) is 10.8 Å². The molecule has 0 aromatic carbocycles. The van der Waals surface area contributed by atoms with Crippen molar-refractivity contribution in [3.8, 4) is 0 Å². The summed E-state index contributed by atoms with van der Waals surface area (Å²) in [6.07, 6.45) is 0. The van der Waals surface area contributed by atoms with Crippen molar-refractivity contribution in [1.29, 1.82) is 0 Å². The molecule has 0 saturated heterocycles. The number of hydrazine groups is 1. The fourth-order valence-electron chi connectivity index (χ4n) is 0.545. The molecule has 6 heteroatoms. The summed E-state index contributed by atoms with van der Waals surface area (Å²) in [5.41, 5.74) is 2.33. The topological polar surface area (TPSA) is 50.9 Å². The summed E-state index contributed by atoms with van der Waals surface area (Å²) in [5.74, 6) is 5.50. The summed E-state index contributed by atoms with van der Waals surface area (Å²) in [5, 5.41) is 0.842. The summed E-state index contributed by atoms with van der Waals surface area (Å²) in [6, 6.07) is 1.55. The molecule has 1 heterocycles. The third-order valence-electron chi connectivity index (χ3n) is 1.02. The van der Waals surface area contributed by atoms with Crippen LogP contribution in [-0.4, -0.2) is 4.98 Å². The number of halogens is 3. The molecule has 11 heavy (non-hydrogen) atoms. The van der Waals surface area contributed by atoms with Crippen molar-refractivity contribution in [2.24, 2.45) is 5.84 Å². The molecule has 0 saturated carbocycles. The fraction of sp³-hybridized carbons (Fsp3) is 0. The van der Waals surface area contributed by atoms with Crippen LogP contribution < -0.4 is 11.3 Å². The van der Waals surface area contributed by atoms with Crippen LogP contribution in [-0.2, 0) is 0 Å². The third kappa shape index (κ3) is 1.96. The van der Waals surface area contributed by atoms with Gasteiger partial charge < -0.3 is 5.43 Å². The van der Waals surface area contributed by atoms with Crippen molar-refractivity contribution in [2.75, 3.05) is 5.43 Å². The summed E-state index contributed by atoms with van der Waals surface area (Å²) >= 11 is 14.5. The van der Waals surface area contributed by atoms with Gasteiger partial charge in [0.05, 0.1) is 10.0 Å². The van der Waals surface area contributed by atoms with E-state index >= 15 is 0 Å². The number of aromatic nitrogens is 1. The molecule has 0 aliphatic carbocycles. The minimum atomic E-state index is 0.390. The van der Waals surface area contributed by atoms with Crippen LogP contribution in [0.3, 0.4) is 0 Å². The highest BCUT2D eigenvalue weighted by molar-refractivity contribution is 9.10. The van der Waals surface area contributed by atoms with Gasteiger partial charge in [0.2, 0.25) is 0 Å². The Labute approximate surface area is 82.0 Å². The molecule has 1 rings (SSSR count). The third-order valence-corrected chi connectivity index (χ3v) is 2.43. The lowest BCUT2D eigenvalue weighted by molar-refractivity contribution is 1.20. The first-order valence-corrected chi connectivity index (χ1v) is 4.18. The van der Waals surface area contributed by atoms with Crippen molar-refractivity contribution < 1.29 is 0 Å². The van der Waals surface area contributed by atoms with E-state index in [9.17, 15) is 0 Å². The van der Waals surface area contributed by atoms with Gasteiger partial charge >= 0.3 is 0 Å². The molecule has 1 aromatic heterocycles. The van der Waals surface area contributed by atoms with Gasteiger partial charge in [-0.2, -0.15) is 0 Å². The van der Waals surface area contributed by atoms with E-state index in [0.29, 0.717) is 20.5 Å². The molecule has 3 nitrogen and oxygen atoms in total. The van der Waals surface area contributed by atoms with Crippen LogP contribution in [0.5, 0.6) is 0 Å². The number of pyridine rings is 1. The van der Waals surface area contributed by atoms with Crippen molar-refractivity contribution in [2.45, 2.75) is 0 Å². The lowest BCUT2D eigenvalue weighted by Gasteiger charge is -2.02. The van der Waals surface area contributed by atoms with E-state index in [-0.39, 0.29) is 0 Å². The Hall–Kier alpha value is -0.0300. The maximum Gasteiger partial charge on any atom is 0.160 e. The van der Waals surface area contributed by atoms with Crippen molar-refractivity contribution in [3.63, 3.8) is 0 Å². The number of anilines is 1. The Bertz CT molecular complexity index is 279. The zero-order chi connectivity index (χ0) is 8.43. The maximum absolute atomic E-state index is 5.69. The van der Waals surface area contributed by atoms with Crippen LogP contribution in [0.25, 0.3) is 0 Å². The molecule has 0 aliphatic rings. The van der Waals surface area contributed by atoms with E-state index in [1.807, 2.05) is 0 Å². The van der Waals surface area contributed by atoms with Crippen LogP contribution in [0, 0.1) is 0 Å². The van der Waals surface area contributed by atoms with Gasteiger partial charge in [-0.05, 0) is 22.0 Å². The Kier molecular flexibility index (Phi) is 2.95. The second-order valence-corrected chi connectivity index (χ2v) is 3.30. The number of nitrogens with zero attached hydrogens (tertiary/aromatic N) is 1. The quantitative estimate of drug-likeness (QED) is 0.461. The molecule has 3 N–H and O–H groups in total. The molecule has 0 amide bonds. The van der Waals surface area contributed by atoms with Gasteiger partial charge in [0, 0.05) is 0 Å². The summed E-state index contributed by atoms with van der Waals surface area (Å²) in [6.45, 7) is 0. The molecule has 0 aliphatic heterocycles. The van der Waals surface area contributed by atoms with E-state index in [4.69, 9.17) is 29.0 Å². The first-order chi connectivity index (χ1) is 5.15. The lowest BCUT2D eigenvalue weighted by atomic mass is 10.5. The first kappa shape index (κ1) is 9.06. The molecule has 60 valence electrons. The van der Waals surface area contributed by atoms with Gasteiger partial charge in [-0.3, -0.25) is 0 Å². The average molecular weight is 257 g/mol. The van der Waals surface area contributed by atoms with Gasteiger partial charge in [-0.1, -0.05) is 23.2 Å². The molecule has 0 spiro atoms. The minimum Gasteiger partial charge on any atom is -0.307 e. The Balaban J connectivity index is 3.21. The Morgan fingerprint density at radius 3 is 2.64 bits per heavy atom. The van der Waals surface area contributed by atoms with Crippen molar-refractivity contribution >= 4 is 44.9 Å². The van der Waals surface area contributed by atoms with Gasteiger partial charge in [0.15, 0.2) is 5.82 Å². The molecule has 0 radical (unpaired) electrons. The highest BCUT2D eigenvalue weighted by Gasteiger charge is 2.04. The van der Waals surface area contributed by atoms with E-state index in [2.05, 4.69) is 26.3 Å². The second-order valence-electron chi connectivity index (χ2n) is 1.74. The molecular formula is C5H4BrCl2N3. The fourth-order valence-corrected chi connectivity index (χ4v) is 1.25. The second kappa shape index (κ2) is 3.58. The Morgan fingerprint density at radius 2 is 2.09 bits per heavy atom. The zero-order valence-electron chi connectivity index (χ0n) is 5.24. The van der Waals surface area contributed by atoms with E-state index in [1.165, 1.54) is 0 Å². The summed E-state index contributed by atoms with van der Waals surface area (Å²) in [7, 11) is 0. The smallest absolute Gasteiger partial charge is 0.160 e. The van der Waals surface area contributed by atoms with E-state index in [0.717, 1.165) is 0 Å². The largest absolute Gasteiger partial charge is 0.307 e. The summed E-state index contributed by atoms with van der Waals surface area (Å²) in [4.78, 5) is 3.91. The zero-order valence-corrected chi connectivity index (χ0v) is 8.33. The monoisotopic (exact) mass is 255 g/mol. The van der Waals surface area contributed by atoms with Crippen LogP contribution in [0.1, 0.15) is 0 Å². The van der Waals surface area contributed by atoms with Gasteiger partial charge in [0.1, 0.15) is 4.60 Å². The lowest BCUT2D eigenvalue weighted by Crippen LogP contribution is -2.09. The number of nitrogen functional groups attached to an aromatic ring is 1. The number of rotatable bonds is 1. The molecule has 0 unspecified atom stereocenters. The number of hydrogen-bond donors (Lipinski definition) is 2. The van der Waals surface area contributed by atoms with Gasteiger partial charge in [-0.15, -0.1) is 0 Å². The van der Waals surface area contributed by atoms with E-state index < -0.39 is 0 Å². The molecule has 0 fully saturated rings. The number of nitrogens with one attached hydrogen (secondary N) is 1. The van der Waals surface area contributed by atoms with Crippen LogP contribution in [0.2, 0.25) is 10.0 Å². The van der Waals surface area contributed by atoms with Crippen LogP contribution in [0.15, 0.2) is 10.7 Å². The molecule has 1 aromatic rings. The molecular weight excluding hydrogens is 253 g/mol. The normalized spacial score (nSPS) is 9.82. The highest BCUT2D eigenvalue weighted by Crippen LogP contribution is 2.28. The minimum absolute atomic E-state index is 0.390. The van der Waals surface area contributed by atoms with Crippen LogP contribution >= 0.6 is 39.1 Å². The Morgan fingerprint density at radius 1 is 1.45 bits per heavy atom. The predicted molar refractivity (Wildman–Crippen MR) is 49.8 cm³/mol. The standard InChI is InChI=1S/C5H4BrCl2N3/c6-4-2(7)1-3(8)5(10-4)11-9/h1H,9H2,(H,10,11).